The van der Waals surface area contributed by atoms with E-state index in [0.29, 0.717) is 0 Å². The zero-order valence-corrected chi connectivity index (χ0v) is 19.0. The van der Waals surface area contributed by atoms with Gasteiger partial charge in [-0.25, -0.2) is 0 Å². The van der Waals surface area contributed by atoms with Crippen molar-refractivity contribution in [2.75, 3.05) is 39.8 Å². The van der Waals surface area contributed by atoms with Gasteiger partial charge in [-0.15, -0.1) is 24.0 Å². The maximum Gasteiger partial charge on any atom is 0.193 e. The number of aryl methyl sites for hydroxylation is 1. The molecule has 0 saturated heterocycles. The Morgan fingerprint density at radius 1 is 1.08 bits per heavy atom. The number of hydrogen-bond acceptors (Lipinski definition) is 2. The van der Waals surface area contributed by atoms with Crippen molar-refractivity contribution in [2.24, 2.45) is 4.99 Å². The molecule has 5 heteroatoms. The van der Waals surface area contributed by atoms with Gasteiger partial charge in [0.1, 0.15) is 0 Å². The van der Waals surface area contributed by atoms with Gasteiger partial charge in [-0.3, -0.25) is 4.99 Å². The topological polar surface area (TPSA) is 30.9 Å². The molecule has 0 atom stereocenters. The number of benzene rings is 1. The van der Waals surface area contributed by atoms with Crippen molar-refractivity contribution in [2.45, 2.75) is 47.1 Å². The van der Waals surface area contributed by atoms with Crippen molar-refractivity contribution in [3.63, 3.8) is 0 Å². The average molecular weight is 460 g/mol. The lowest BCUT2D eigenvalue weighted by Gasteiger charge is -2.23. The van der Waals surface area contributed by atoms with Gasteiger partial charge in [0.2, 0.25) is 0 Å². The maximum absolute atomic E-state index is 4.80. The SMILES string of the molecule is CCNC(=NCCCCN(CC)CC)N(C)Cc1ccccc1C.I. The normalized spacial score (nSPS) is 11.4. The maximum atomic E-state index is 4.80. The number of nitrogens with one attached hydrogen (secondary N) is 1. The molecule has 0 aliphatic rings. The van der Waals surface area contributed by atoms with Crippen LogP contribution in [0.15, 0.2) is 29.3 Å². The number of guanidine groups is 1. The van der Waals surface area contributed by atoms with Crippen LogP contribution in [0, 0.1) is 6.92 Å². The van der Waals surface area contributed by atoms with E-state index in [4.69, 9.17) is 4.99 Å². The van der Waals surface area contributed by atoms with Crippen LogP contribution < -0.4 is 5.32 Å². The first-order valence-electron chi connectivity index (χ1n) is 9.38. The summed E-state index contributed by atoms with van der Waals surface area (Å²) in [5.41, 5.74) is 2.69. The monoisotopic (exact) mass is 460 g/mol. The van der Waals surface area contributed by atoms with Gasteiger partial charge < -0.3 is 15.1 Å². The highest BCUT2D eigenvalue weighted by Crippen LogP contribution is 2.09. The van der Waals surface area contributed by atoms with E-state index in [1.54, 1.807) is 0 Å². The summed E-state index contributed by atoms with van der Waals surface area (Å²) in [5.74, 6) is 1.00. The first-order chi connectivity index (χ1) is 11.6. The highest BCUT2D eigenvalue weighted by atomic mass is 127. The smallest absolute Gasteiger partial charge is 0.193 e. The predicted molar refractivity (Wildman–Crippen MR) is 121 cm³/mol. The van der Waals surface area contributed by atoms with Crippen LogP contribution in [0.3, 0.4) is 0 Å². The van der Waals surface area contributed by atoms with Crippen LogP contribution in [0.2, 0.25) is 0 Å². The number of nitrogens with zero attached hydrogens (tertiary/aromatic N) is 3. The van der Waals surface area contributed by atoms with Crippen LogP contribution in [0.25, 0.3) is 0 Å². The molecule has 0 bridgehead atoms. The molecule has 0 aliphatic carbocycles. The molecule has 0 aliphatic heterocycles. The fraction of sp³-hybridized carbons (Fsp3) is 0.650. The lowest BCUT2D eigenvalue weighted by atomic mass is 10.1. The Morgan fingerprint density at radius 3 is 2.36 bits per heavy atom. The average Bonchev–Trinajstić information content (AvgIpc) is 2.59. The summed E-state index contributed by atoms with van der Waals surface area (Å²) >= 11 is 0. The van der Waals surface area contributed by atoms with Crippen molar-refractivity contribution < 1.29 is 0 Å². The molecule has 4 nitrogen and oxygen atoms in total. The summed E-state index contributed by atoms with van der Waals surface area (Å²) in [7, 11) is 2.11. The van der Waals surface area contributed by atoms with E-state index in [1.165, 1.54) is 24.1 Å². The summed E-state index contributed by atoms with van der Waals surface area (Å²) in [6.07, 6.45) is 2.36. The lowest BCUT2D eigenvalue weighted by molar-refractivity contribution is 0.297. The molecule has 1 N–H and O–H groups in total. The van der Waals surface area contributed by atoms with Gasteiger partial charge in [0.15, 0.2) is 5.96 Å². The van der Waals surface area contributed by atoms with Crippen LogP contribution in [0.4, 0.5) is 0 Å². The molecule has 0 spiro atoms. The fourth-order valence-corrected chi connectivity index (χ4v) is 2.76. The van der Waals surface area contributed by atoms with Crippen molar-refractivity contribution in [1.29, 1.82) is 0 Å². The van der Waals surface area contributed by atoms with Crippen LogP contribution in [-0.2, 0) is 6.54 Å². The van der Waals surface area contributed by atoms with E-state index >= 15 is 0 Å². The third-order valence-electron chi connectivity index (χ3n) is 4.40. The minimum atomic E-state index is 0. The molecule has 0 unspecified atom stereocenters. The van der Waals surface area contributed by atoms with Gasteiger partial charge in [0, 0.05) is 26.7 Å². The number of halogens is 1. The number of rotatable bonds is 10. The molecule has 0 aromatic heterocycles. The number of unbranched alkanes of at least 4 members (excludes halogenated alkanes) is 1. The van der Waals surface area contributed by atoms with E-state index in [9.17, 15) is 0 Å². The molecule has 0 radical (unpaired) electrons. The van der Waals surface area contributed by atoms with E-state index in [1.807, 2.05) is 0 Å². The van der Waals surface area contributed by atoms with Gasteiger partial charge >= 0.3 is 0 Å². The zero-order valence-electron chi connectivity index (χ0n) is 16.7. The molecule has 0 fully saturated rings. The minimum absolute atomic E-state index is 0. The molecule has 0 heterocycles. The standard InChI is InChI=1S/C20H36N4.HI/c1-6-21-20(22-15-11-12-16-24(7-2)8-3)23(5)17-19-14-10-9-13-18(19)4;/h9-10,13-14H,6-8,11-12,15-17H2,1-5H3,(H,21,22);1H. The van der Waals surface area contributed by atoms with Crippen molar-refractivity contribution in [3.05, 3.63) is 35.4 Å². The van der Waals surface area contributed by atoms with Gasteiger partial charge in [0.05, 0.1) is 0 Å². The molecule has 25 heavy (non-hydrogen) atoms. The Balaban J connectivity index is 0.00000576. The highest BCUT2D eigenvalue weighted by Gasteiger charge is 2.07. The summed E-state index contributed by atoms with van der Waals surface area (Å²) in [6.45, 7) is 14.9. The first kappa shape index (κ1) is 24.2. The molecule has 0 amide bonds. The second-order valence-corrected chi connectivity index (χ2v) is 6.25. The Labute approximate surface area is 172 Å². The van der Waals surface area contributed by atoms with Crippen LogP contribution in [0.5, 0.6) is 0 Å². The summed E-state index contributed by atoms with van der Waals surface area (Å²) < 4.78 is 0. The Morgan fingerprint density at radius 2 is 1.76 bits per heavy atom. The number of aliphatic imine (C=N–C) groups is 1. The molecular formula is C20H37IN4. The van der Waals surface area contributed by atoms with Crippen molar-refractivity contribution in [1.82, 2.24) is 15.1 Å². The van der Waals surface area contributed by atoms with Crippen LogP contribution in [-0.4, -0.2) is 55.5 Å². The predicted octanol–water partition coefficient (Wildman–Crippen LogP) is 4.13. The Hall–Kier alpha value is -0.820. The second-order valence-electron chi connectivity index (χ2n) is 6.25. The molecule has 1 rings (SSSR count). The second kappa shape index (κ2) is 14.4. The minimum Gasteiger partial charge on any atom is -0.357 e. The molecule has 0 saturated carbocycles. The largest absolute Gasteiger partial charge is 0.357 e. The van der Waals surface area contributed by atoms with Crippen molar-refractivity contribution in [3.8, 4) is 0 Å². The van der Waals surface area contributed by atoms with E-state index in [-0.39, 0.29) is 24.0 Å². The van der Waals surface area contributed by atoms with Crippen LogP contribution in [0.1, 0.15) is 44.7 Å². The fourth-order valence-electron chi connectivity index (χ4n) is 2.76. The molecular weight excluding hydrogens is 423 g/mol. The van der Waals surface area contributed by atoms with Gasteiger partial charge in [-0.1, -0.05) is 38.1 Å². The summed E-state index contributed by atoms with van der Waals surface area (Å²) in [4.78, 5) is 9.49. The third-order valence-corrected chi connectivity index (χ3v) is 4.40. The van der Waals surface area contributed by atoms with Gasteiger partial charge in [-0.2, -0.15) is 0 Å². The zero-order chi connectivity index (χ0) is 17.8. The lowest BCUT2D eigenvalue weighted by Crippen LogP contribution is -2.38. The Kier molecular flexibility index (Phi) is 13.9. The first-order valence-corrected chi connectivity index (χ1v) is 9.38. The Bertz CT molecular complexity index is 486. The van der Waals surface area contributed by atoms with Gasteiger partial charge in [0.25, 0.3) is 0 Å². The third kappa shape index (κ3) is 9.45. The quantitative estimate of drug-likeness (QED) is 0.247. The molecule has 1 aromatic rings. The molecule has 144 valence electrons. The van der Waals surface area contributed by atoms with Crippen molar-refractivity contribution >= 4 is 29.9 Å². The van der Waals surface area contributed by atoms with Crippen LogP contribution >= 0.6 is 24.0 Å². The van der Waals surface area contributed by atoms with E-state index in [2.05, 4.69) is 74.1 Å². The van der Waals surface area contributed by atoms with E-state index < -0.39 is 0 Å². The van der Waals surface area contributed by atoms with Gasteiger partial charge in [-0.05, 0) is 57.5 Å². The van der Waals surface area contributed by atoms with E-state index in [0.717, 1.165) is 45.1 Å². The summed E-state index contributed by atoms with van der Waals surface area (Å²) in [5, 5.41) is 3.41. The molecule has 1 aromatic carbocycles. The summed E-state index contributed by atoms with van der Waals surface area (Å²) in [6, 6.07) is 8.56. The highest BCUT2D eigenvalue weighted by molar-refractivity contribution is 14.0. The number of hydrogen-bond donors (Lipinski definition) is 1.